The predicted molar refractivity (Wildman–Crippen MR) is 51.8 cm³/mol. The Kier molecular flexibility index (Phi) is 9.44. The molecule has 11 heavy (non-hydrogen) atoms. The van der Waals surface area contributed by atoms with Crippen LogP contribution in [0.4, 0.5) is 0 Å². The Bertz CT molecular complexity index is 86.9. The summed E-state index contributed by atoms with van der Waals surface area (Å²) in [6.07, 6.45) is 9.58. The van der Waals surface area contributed by atoms with Gasteiger partial charge >= 0.3 is 0 Å². The van der Waals surface area contributed by atoms with Crippen molar-refractivity contribution in [3.8, 4) is 0 Å². The Labute approximate surface area is 70.9 Å². The standard InChI is InChI=1S/C10H21N/c1-3-5-6-7-8-10-11-9-4-2/h7-8,11H,3-6,9-10H2,1-2H3/b8-7-. The van der Waals surface area contributed by atoms with Crippen molar-refractivity contribution in [2.24, 2.45) is 0 Å². The molecular weight excluding hydrogens is 134 g/mol. The molecule has 66 valence electrons. The molecule has 0 aromatic rings. The molecule has 0 aliphatic heterocycles. The summed E-state index contributed by atoms with van der Waals surface area (Å²) in [7, 11) is 0. The lowest BCUT2D eigenvalue weighted by molar-refractivity contribution is 0.726. The fourth-order valence-electron chi connectivity index (χ4n) is 0.885. The molecular formula is C10H21N. The van der Waals surface area contributed by atoms with Gasteiger partial charge in [0.2, 0.25) is 0 Å². The van der Waals surface area contributed by atoms with Crippen LogP contribution in [0.2, 0.25) is 0 Å². The molecule has 0 aromatic carbocycles. The van der Waals surface area contributed by atoms with Gasteiger partial charge in [0.05, 0.1) is 0 Å². The lowest BCUT2D eigenvalue weighted by Crippen LogP contribution is -2.13. The van der Waals surface area contributed by atoms with E-state index in [0.29, 0.717) is 0 Å². The molecule has 0 heterocycles. The molecule has 0 saturated carbocycles. The van der Waals surface area contributed by atoms with E-state index < -0.39 is 0 Å². The minimum absolute atomic E-state index is 1.04. The van der Waals surface area contributed by atoms with Gasteiger partial charge in [0.25, 0.3) is 0 Å². The first kappa shape index (κ1) is 10.7. The van der Waals surface area contributed by atoms with E-state index in [1.807, 2.05) is 0 Å². The summed E-state index contributed by atoms with van der Waals surface area (Å²) in [6, 6.07) is 0. The van der Waals surface area contributed by atoms with Crippen LogP contribution in [0.3, 0.4) is 0 Å². The van der Waals surface area contributed by atoms with Crippen LogP contribution in [0.5, 0.6) is 0 Å². The summed E-state index contributed by atoms with van der Waals surface area (Å²) in [4.78, 5) is 0. The Morgan fingerprint density at radius 2 is 1.91 bits per heavy atom. The molecule has 0 unspecified atom stereocenters. The first-order valence-corrected chi connectivity index (χ1v) is 4.77. The van der Waals surface area contributed by atoms with E-state index in [1.54, 1.807) is 0 Å². The summed E-state index contributed by atoms with van der Waals surface area (Å²) in [5.74, 6) is 0. The van der Waals surface area contributed by atoms with Gasteiger partial charge in [-0.3, -0.25) is 0 Å². The van der Waals surface area contributed by atoms with Crippen LogP contribution in [0.1, 0.15) is 39.5 Å². The molecule has 0 amide bonds. The third kappa shape index (κ3) is 9.70. The molecule has 0 spiro atoms. The molecule has 1 heteroatoms. The van der Waals surface area contributed by atoms with E-state index in [1.165, 1.54) is 25.7 Å². The molecule has 1 nitrogen and oxygen atoms in total. The van der Waals surface area contributed by atoms with E-state index in [9.17, 15) is 0 Å². The van der Waals surface area contributed by atoms with Crippen molar-refractivity contribution in [1.82, 2.24) is 5.32 Å². The third-order valence-electron chi connectivity index (χ3n) is 1.58. The summed E-state index contributed by atoms with van der Waals surface area (Å²) in [5, 5.41) is 3.33. The fraction of sp³-hybridized carbons (Fsp3) is 0.800. The van der Waals surface area contributed by atoms with Crippen LogP contribution < -0.4 is 5.32 Å². The second-order valence-corrected chi connectivity index (χ2v) is 2.82. The van der Waals surface area contributed by atoms with Crippen LogP contribution in [0.15, 0.2) is 12.2 Å². The van der Waals surface area contributed by atoms with Crippen LogP contribution >= 0.6 is 0 Å². The molecule has 0 aliphatic rings. The summed E-state index contributed by atoms with van der Waals surface area (Å²) in [6.45, 7) is 6.59. The van der Waals surface area contributed by atoms with E-state index in [2.05, 4.69) is 31.3 Å². The van der Waals surface area contributed by atoms with Crippen molar-refractivity contribution >= 4 is 0 Å². The van der Waals surface area contributed by atoms with Gasteiger partial charge in [0, 0.05) is 6.54 Å². The summed E-state index contributed by atoms with van der Waals surface area (Å²) >= 11 is 0. The number of hydrogen-bond acceptors (Lipinski definition) is 1. The van der Waals surface area contributed by atoms with Gasteiger partial charge in [-0.1, -0.05) is 38.8 Å². The SMILES string of the molecule is CCCC/C=C\CNCCC. The molecule has 0 atom stereocenters. The van der Waals surface area contributed by atoms with E-state index >= 15 is 0 Å². The highest BCUT2D eigenvalue weighted by atomic mass is 14.8. The smallest absolute Gasteiger partial charge is 0.0134 e. The number of allylic oxidation sites excluding steroid dienone is 1. The van der Waals surface area contributed by atoms with Crippen LogP contribution in [0.25, 0.3) is 0 Å². The van der Waals surface area contributed by atoms with Gasteiger partial charge in [0.1, 0.15) is 0 Å². The average molecular weight is 155 g/mol. The molecule has 0 rings (SSSR count). The van der Waals surface area contributed by atoms with Crippen LogP contribution in [0, 0.1) is 0 Å². The van der Waals surface area contributed by atoms with Crippen molar-refractivity contribution in [1.29, 1.82) is 0 Å². The maximum Gasteiger partial charge on any atom is 0.0134 e. The Hall–Kier alpha value is -0.300. The van der Waals surface area contributed by atoms with Crippen molar-refractivity contribution in [2.75, 3.05) is 13.1 Å². The highest BCUT2D eigenvalue weighted by molar-refractivity contribution is 4.83. The van der Waals surface area contributed by atoms with Gasteiger partial charge in [0.15, 0.2) is 0 Å². The zero-order valence-corrected chi connectivity index (χ0v) is 7.90. The van der Waals surface area contributed by atoms with Crippen molar-refractivity contribution in [3.05, 3.63) is 12.2 Å². The van der Waals surface area contributed by atoms with Crippen LogP contribution in [-0.4, -0.2) is 13.1 Å². The van der Waals surface area contributed by atoms with Crippen LogP contribution in [-0.2, 0) is 0 Å². The lowest BCUT2D eigenvalue weighted by Gasteiger charge is -1.95. The highest BCUT2D eigenvalue weighted by Gasteiger charge is 1.79. The molecule has 1 N–H and O–H groups in total. The maximum absolute atomic E-state index is 3.33. The summed E-state index contributed by atoms with van der Waals surface area (Å²) in [5.41, 5.74) is 0. The van der Waals surface area contributed by atoms with E-state index in [-0.39, 0.29) is 0 Å². The van der Waals surface area contributed by atoms with E-state index in [0.717, 1.165) is 13.1 Å². The van der Waals surface area contributed by atoms with Gasteiger partial charge in [-0.05, 0) is 19.4 Å². The quantitative estimate of drug-likeness (QED) is 0.440. The van der Waals surface area contributed by atoms with Gasteiger partial charge in [-0.2, -0.15) is 0 Å². The predicted octanol–water partition coefficient (Wildman–Crippen LogP) is 2.73. The number of nitrogens with one attached hydrogen (secondary N) is 1. The largest absolute Gasteiger partial charge is 0.313 e. The minimum Gasteiger partial charge on any atom is -0.313 e. The first-order valence-electron chi connectivity index (χ1n) is 4.77. The Morgan fingerprint density at radius 1 is 1.09 bits per heavy atom. The molecule has 0 saturated heterocycles. The topological polar surface area (TPSA) is 12.0 Å². The average Bonchev–Trinajstić information content (AvgIpc) is 2.03. The molecule has 0 aromatic heterocycles. The normalized spacial score (nSPS) is 11.1. The molecule has 0 fully saturated rings. The van der Waals surface area contributed by atoms with Gasteiger partial charge in [-0.25, -0.2) is 0 Å². The maximum atomic E-state index is 3.33. The van der Waals surface area contributed by atoms with Crippen molar-refractivity contribution in [3.63, 3.8) is 0 Å². The zero-order chi connectivity index (χ0) is 8.36. The third-order valence-corrected chi connectivity index (χ3v) is 1.58. The molecule has 0 bridgehead atoms. The monoisotopic (exact) mass is 155 g/mol. The Morgan fingerprint density at radius 3 is 2.55 bits per heavy atom. The minimum atomic E-state index is 1.04. The first-order chi connectivity index (χ1) is 5.41. The number of unbranched alkanes of at least 4 members (excludes halogenated alkanes) is 2. The fourth-order valence-corrected chi connectivity index (χ4v) is 0.885. The second-order valence-electron chi connectivity index (χ2n) is 2.82. The van der Waals surface area contributed by atoms with Crippen molar-refractivity contribution in [2.45, 2.75) is 39.5 Å². The zero-order valence-electron chi connectivity index (χ0n) is 7.90. The Balaban J connectivity index is 2.91. The number of rotatable bonds is 7. The lowest BCUT2D eigenvalue weighted by atomic mass is 10.2. The summed E-state index contributed by atoms with van der Waals surface area (Å²) < 4.78 is 0. The molecule has 0 radical (unpaired) electrons. The highest BCUT2D eigenvalue weighted by Crippen LogP contribution is 1.93. The van der Waals surface area contributed by atoms with Crippen molar-refractivity contribution < 1.29 is 0 Å². The second kappa shape index (κ2) is 9.70. The van der Waals surface area contributed by atoms with Gasteiger partial charge < -0.3 is 5.32 Å². The molecule has 0 aliphatic carbocycles. The number of hydrogen-bond donors (Lipinski definition) is 1. The van der Waals surface area contributed by atoms with E-state index in [4.69, 9.17) is 0 Å². The van der Waals surface area contributed by atoms with Gasteiger partial charge in [-0.15, -0.1) is 0 Å².